The van der Waals surface area contributed by atoms with Crippen LogP contribution in [0.4, 0.5) is 0 Å². The van der Waals surface area contributed by atoms with Crippen molar-refractivity contribution in [1.29, 1.82) is 0 Å². The number of carbonyl (C=O) groups excluding carboxylic acids is 2. The summed E-state index contributed by atoms with van der Waals surface area (Å²) in [6.07, 6.45) is 3.78. The molecule has 1 unspecified atom stereocenters. The fourth-order valence-electron chi connectivity index (χ4n) is 1.31. The van der Waals surface area contributed by atoms with Crippen LogP contribution in [0.5, 0.6) is 0 Å². The van der Waals surface area contributed by atoms with Gasteiger partial charge in [0.2, 0.25) is 5.91 Å². The number of carboxylic acids is 1. The molecule has 1 rings (SSSR count). The van der Waals surface area contributed by atoms with E-state index in [-0.39, 0.29) is 47.8 Å². The van der Waals surface area contributed by atoms with Crippen LogP contribution in [0, 0.1) is 5.92 Å². The number of hydrogen-bond donors (Lipinski definition) is 2. The average molecular weight is 261 g/mol. The molecule has 1 aromatic heterocycles. The minimum absolute atomic E-state index is 0. The van der Waals surface area contributed by atoms with E-state index in [4.69, 9.17) is 0 Å². The Morgan fingerprint density at radius 2 is 2.22 bits per heavy atom. The van der Waals surface area contributed by atoms with Gasteiger partial charge >= 0.3 is 29.6 Å². The minimum atomic E-state index is -1.30. The van der Waals surface area contributed by atoms with E-state index in [0.717, 1.165) is 0 Å². The van der Waals surface area contributed by atoms with Gasteiger partial charge in [0.15, 0.2) is 0 Å². The molecule has 0 bridgehead atoms. The summed E-state index contributed by atoms with van der Waals surface area (Å²) in [5, 5.41) is 13.4. The summed E-state index contributed by atoms with van der Waals surface area (Å²) < 4.78 is 0. The molecule has 0 aliphatic heterocycles. The number of imidazole rings is 1. The summed E-state index contributed by atoms with van der Waals surface area (Å²) in [6, 6.07) is -1.03. The number of nitrogens with one attached hydrogen (secondary N) is 2. The summed E-state index contributed by atoms with van der Waals surface area (Å²) in [7, 11) is 0. The first-order chi connectivity index (χ1) is 8.04. The number of rotatable bonds is 6. The number of carbonyl (C=O) groups is 2. The Labute approximate surface area is 128 Å². The number of nitrogens with zero attached hydrogens (tertiary/aromatic N) is 1. The molecule has 0 aromatic carbocycles. The van der Waals surface area contributed by atoms with Crippen LogP contribution >= 0.6 is 0 Å². The largest absolute Gasteiger partial charge is 1.00 e. The van der Waals surface area contributed by atoms with Gasteiger partial charge in [-0.05, 0) is 6.42 Å². The van der Waals surface area contributed by atoms with Crippen molar-refractivity contribution in [3.05, 3.63) is 18.2 Å². The number of aromatic amines is 1. The van der Waals surface area contributed by atoms with Crippen molar-refractivity contribution in [3.8, 4) is 0 Å². The van der Waals surface area contributed by atoms with Crippen molar-refractivity contribution in [1.82, 2.24) is 15.3 Å². The van der Waals surface area contributed by atoms with E-state index in [1.54, 1.807) is 6.92 Å². The average Bonchev–Trinajstić information content (AvgIpc) is 2.79. The van der Waals surface area contributed by atoms with E-state index < -0.39 is 12.0 Å². The summed E-state index contributed by atoms with van der Waals surface area (Å²) in [5.41, 5.74) is 0.642. The number of hydrogen-bond acceptors (Lipinski definition) is 4. The van der Waals surface area contributed by atoms with Gasteiger partial charge in [-0.2, -0.15) is 0 Å². The Bertz CT molecular complexity index is 381. The minimum Gasteiger partial charge on any atom is -0.548 e. The monoisotopic (exact) mass is 261 g/mol. The van der Waals surface area contributed by atoms with E-state index in [1.807, 2.05) is 6.92 Å². The normalized spacial score (nSPS) is 13.2. The molecule has 0 radical (unpaired) electrons. The number of amides is 1. The van der Waals surface area contributed by atoms with E-state index in [2.05, 4.69) is 15.3 Å². The fraction of sp³-hybridized carbons (Fsp3) is 0.545. The maximum atomic E-state index is 11.6. The molecular weight excluding hydrogens is 245 g/mol. The van der Waals surface area contributed by atoms with Gasteiger partial charge in [0.05, 0.1) is 18.3 Å². The molecule has 2 atom stereocenters. The number of H-pyrrole nitrogens is 1. The van der Waals surface area contributed by atoms with Crippen molar-refractivity contribution in [2.75, 3.05) is 0 Å². The molecule has 1 heterocycles. The van der Waals surface area contributed by atoms with E-state index in [9.17, 15) is 14.7 Å². The molecule has 1 aromatic rings. The van der Waals surface area contributed by atoms with Crippen LogP contribution in [0.2, 0.25) is 0 Å². The van der Waals surface area contributed by atoms with Gasteiger partial charge in [-0.3, -0.25) is 4.79 Å². The third kappa shape index (κ3) is 5.20. The standard InChI is InChI=1S/C11H17N3O3.Na/c1-3-7(2)10(15)14-9(11(16)17)4-8-5-12-6-13-8;/h5-7,9H,3-4H2,1-2H3,(H,12,13)(H,14,15)(H,16,17);/q;+1/p-1/t7?,9-;/m1./s1. The molecule has 0 fully saturated rings. The SMILES string of the molecule is CCC(C)C(=O)N[C@H](Cc1cnc[nH]1)C(=O)[O-].[Na+]. The van der Waals surface area contributed by atoms with Gasteiger partial charge < -0.3 is 20.2 Å². The van der Waals surface area contributed by atoms with Crippen LogP contribution < -0.4 is 40.0 Å². The molecule has 0 saturated heterocycles. The summed E-state index contributed by atoms with van der Waals surface area (Å²) in [5.74, 6) is -1.78. The van der Waals surface area contributed by atoms with Gasteiger partial charge in [0, 0.05) is 24.2 Å². The molecule has 6 nitrogen and oxygen atoms in total. The predicted molar refractivity (Wildman–Crippen MR) is 58.7 cm³/mol. The topological polar surface area (TPSA) is 97.9 Å². The quantitative estimate of drug-likeness (QED) is 0.514. The maximum absolute atomic E-state index is 11.6. The van der Waals surface area contributed by atoms with E-state index >= 15 is 0 Å². The smallest absolute Gasteiger partial charge is 0.548 e. The Hall–Kier alpha value is -0.850. The van der Waals surface area contributed by atoms with Crippen molar-refractivity contribution in [2.24, 2.45) is 5.92 Å². The molecule has 2 N–H and O–H groups in total. The molecule has 94 valence electrons. The summed E-state index contributed by atoms with van der Waals surface area (Å²) in [4.78, 5) is 29.1. The molecule has 1 amide bonds. The zero-order chi connectivity index (χ0) is 12.8. The Morgan fingerprint density at radius 1 is 1.56 bits per heavy atom. The van der Waals surface area contributed by atoms with Gasteiger partial charge in [0.25, 0.3) is 0 Å². The van der Waals surface area contributed by atoms with Gasteiger partial charge in [0.1, 0.15) is 0 Å². The van der Waals surface area contributed by atoms with Crippen LogP contribution in [0.1, 0.15) is 26.0 Å². The second-order valence-electron chi connectivity index (χ2n) is 3.97. The van der Waals surface area contributed by atoms with Crippen LogP contribution in [-0.4, -0.2) is 27.9 Å². The fourth-order valence-corrected chi connectivity index (χ4v) is 1.31. The van der Waals surface area contributed by atoms with E-state index in [1.165, 1.54) is 12.5 Å². The Kier molecular flexibility index (Phi) is 7.90. The van der Waals surface area contributed by atoms with Crippen LogP contribution in [0.25, 0.3) is 0 Å². The Morgan fingerprint density at radius 3 is 2.67 bits per heavy atom. The second-order valence-corrected chi connectivity index (χ2v) is 3.97. The number of aliphatic carboxylic acids is 1. The van der Waals surface area contributed by atoms with Crippen LogP contribution in [0.15, 0.2) is 12.5 Å². The zero-order valence-corrected chi connectivity index (χ0v) is 12.9. The first-order valence-corrected chi connectivity index (χ1v) is 5.53. The second kappa shape index (κ2) is 8.29. The molecule has 0 aliphatic carbocycles. The van der Waals surface area contributed by atoms with Gasteiger partial charge in [-0.25, -0.2) is 4.98 Å². The zero-order valence-electron chi connectivity index (χ0n) is 10.9. The molecule has 0 aliphatic rings. The van der Waals surface area contributed by atoms with Crippen molar-refractivity contribution in [3.63, 3.8) is 0 Å². The van der Waals surface area contributed by atoms with Crippen LogP contribution in [0.3, 0.4) is 0 Å². The van der Waals surface area contributed by atoms with Gasteiger partial charge in [-0.15, -0.1) is 0 Å². The summed E-state index contributed by atoms with van der Waals surface area (Å²) in [6.45, 7) is 3.62. The van der Waals surface area contributed by atoms with Crippen molar-refractivity contribution >= 4 is 11.9 Å². The predicted octanol–water partition coefficient (Wildman–Crippen LogP) is -3.76. The van der Waals surface area contributed by atoms with Gasteiger partial charge in [-0.1, -0.05) is 13.8 Å². The third-order valence-corrected chi connectivity index (χ3v) is 2.64. The number of aromatic nitrogens is 2. The van der Waals surface area contributed by atoms with Crippen LogP contribution in [-0.2, 0) is 16.0 Å². The number of carboxylic acid groups (broad SMARTS) is 1. The van der Waals surface area contributed by atoms with Crippen molar-refractivity contribution < 1.29 is 44.3 Å². The first-order valence-electron chi connectivity index (χ1n) is 5.53. The molecule has 0 spiro atoms. The molecule has 18 heavy (non-hydrogen) atoms. The first kappa shape index (κ1) is 17.2. The van der Waals surface area contributed by atoms with E-state index in [0.29, 0.717) is 12.1 Å². The molecule has 0 saturated carbocycles. The van der Waals surface area contributed by atoms with Crippen molar-refractivity contribution in [2.45, 2.75) is 32.7 Å². The molecule has 7 heteroatoms. The summed E-state index contributed by atoms with van der Waals surface area (Å²) >= 11 is 0. The third-order valence-electron chi connectivity index (χ3n) is 2.64. The molecular formula is C11H16N3NaO3. The Balaban J connectivity index is 0.00000289. The maximum Gasteiger partial charge on any atom is 1.00 e.